The van der Waals surface area contributed by atoms with Crippen LogP contribution in [0.3, 0.4) is 0 Å². The van der Waals surface area contributed by atoms with E-state index in [9.17, 15) is 22.8 Å². The van der Waals surface area contributed by atoms with E-state index in [-0.39, 0.29) is 35.0 Å². The van der Waals surface area contributed by atoms with Crippen molar-refractivity contribution in [1.29, 1.82) is 0 Å². The third-order valence-corrected chi connectivity index (χ3v) is 6.12. The van der Waals surface area contributed by atoms with E-state index in [2.05, 4.69) is 51.8 Å². The molecule has 16 heteroatoms. The number of carbonyl (C=O) groups is 2. The van der Waals surface area contributed by atoms with Crippen molar-refractivity contribution < 1.29 is 22.8 Å². The van der Waals surface area contributed by atoms with E-state index >= 15 is 0 Å². The number of aromatic nitrogens is 8. The summed E-state index contributed by atoms with van der Waals surface area (Å²) in [5.74, 6) is -1.22. The number of alkyl halides is 3. The third-order valence-electron chi connectivity index (χ3n) is 5.51. The average Bonchev–Trinajstić information content (AvgIpc) is 3.59. The number of amides is 2. The van der Waals surface area contributed by atoms with Crippen LogP contribution in [0.2, 0.25) is 0 Å². The van der Waals surface area contributed by atoms with Crippen LogP contribution in [0.4, 0.5) is 18.9 Å². The minimum atomic E-state index is -4.66. The number of nitrogens with two attached hydrogens (primary N) is 1. The highest BCUT2D eigenvalue weighted by molar-refractivity contribution is 9.10. The van der Waals surface area contributed by atoms with Gasteiger partial charge in [0.15, 0.2) is 11.5 Å². The van der Waals surface area contributed by atoms with Gasteiger partial charge in [0.05, 0.1) is 45.9 Å². The number of nitrogens with zero attached hydrogens (tertiary/aromatic N) is 7. The number of hydrogen-bond donors (Lipinski definition) is 3. The van der Waals surface area contributed by atoms with Crippen molar-refractivity contribution in [2.75, 3.05) is 5.32 Å². The molecule has 0 aliphatic carbocycles. The summed E-state index contributed by atoms with van der Waals surface area (Å²) >= 11 is 3.37. The van der Waals surface area contributed by atoms with E-state index in [1.807, 2.05) is 0 Å². The molecule has 0 atom stereocenters. The van der Waals surface area contributed by atoms with Crippen LogP contribution in [0.5, 0.6) is 0 Å². The Morgan fingerprint density at radius 2 is 2.05 bits per heavy atom. The Morgan fingerprint density at radius 1 is 1.26 bits per heavy atom. The molecule has 1 aromatic carbocycles. The highest BCUT2D eigenvalue weighted by Crippen LogP contribution is 2.30. The van der Waals surface area contributed by atoms with Crippen LogP contribution in [-0.2, 0) is 12.7 Å². The molecule has 4 aromatic heterocycles. The summed E-state index contributed by atoms with van der Waals surface area (Å²) in [6, 6.07) is 6.44. The van der Waals surface area contributed by atoms with Gasteiger partial charge in [0.25, 0.3) is 11.8 Å². The summed E-state index contributed by atoms with van der Waals surface area (Å²) < 4.78 is 41.5. The maximum atomic E-state index is 13.5. The topological polar surface area (TPSA) is 162 Å². The number of aryl methyl sites for hydroxylation is 1. The zero-order valence-electron chi connectivity index (χ0n) is 19.3. The second kappa shape index (κ2) is 9.37. The largest absolute Gasteiger partial charge is 0.436 e. The Balaban J connectivity index is 1.56. The first kappa shape index (κ1) is 25.1. The summed E-state index contributed by atoms with van der Waals surface area (Å²) in [4.78, 5) is 30.1. The number of pyridine rings is 1. The van der Waals surface area contributed by atoms with E-state index in [1.54, 1.807) is 25.1 Å². The predicted octanol–water partition coefficient (Wildman–Crippen LogP) is 3.22. The number of carbonyl (C=O) groups excluding carboxylic acids is 2. The Kier molecular flexibility index (Phi) is 6.18. The molecule has 0 radical (unpaired) electrons. The van der Waals surface area contributed by atoms with Gasteiger partial charge in [0.1, 0.15) is 5.69 Å². The average molecular weight is 589 g/mol. The van der Waals surface area contributed by atoms with Crippen molar-refractivity contribution in [3.05, 3.63) is 75.5 Å². The molecule has 12 nitrogen and oxygen atoms in total. The number of nitrogens with one attached hydrogen (secondary N) is 2. The fraction of sp³-hybridized carbons (Fsp3) is 0.136. The second-order valence-electron chi connectivity index (χ2n) is 8.14. The van der Waals surface area contributed by atoms with E-state index < -0.39 is 23.7 Å². The first-order chi connectivity index (χ1) is 18.0. The van der Waals surface area contributed by atoms with E-state index in [0.717, 1.165) is 10.9 Å². The molecule has 4 N–H and O–H groups in total. The second-order valence-corrected chi connectivity index (χ2v) is 8.99. The lowest BCUT2D eigenvalue weighted by Crippen LogP contribution is -2.22. The van der Waals surface area contributed by atoms with Crippen LogP contribution < -0.4 is 11.1 Å². The van der Waals surface area contributed by atoms with E-state index in [4.69, 9.17) is 5.73 Å². The van der Waals surface area contributed by atoms with Gasteiger partial charge in [-0.3, -0.25) is 14.7 Å². The number of aromatic amines is 1. The minimum absolute atomic E-state index is 0.0184. The molecule has 0 saturated heterocycles. The summed E-state index contributed by atoms with van der Waals surface area (Å²) in [7, 11) is 0. The molecule has 0 fully saturated rings. The number of rotatable bonds is 6. The third kappa shape index (κ3) is 4.60. The molecule has 0 spiro atoms. The lowest BCUT2D eigenvalue weighted by atomic mass is 10.0. The van der Waals surface area contributed by atoms with E-state index in [0.29, 0.717) is 20.9 Å². The first-order valence-corrected chi connectivity index (χ1v) is 11.6. The molecule has 5 rings (SSSR count). The minimum Gasteiger partial charge on any atom is -0.365 e. The number of H-pyrrole nitrogens is 1. The van der Waals surface area contributed by atoms with Crippen molar-refractivity contribution in [2.24, 2.45) is 5.73 Å². The number of halogens is 4. The van der Waals surface area contributed by atoms with Crippen LogP contribution in [0.15, 0.2) is 47.3 Å². The number of benzene rings is 1. The van der Waals surface area contributed by atoms with Gasteiger partial charge in [-0.15, -0.1) is 5.10 Å². The van der Waals surface area contributed by atoms with Crippen LogP contribution in [-0.4, -0.2) is 51.8 Å². The van der Waals surface area contributed by atoms with Crippen LogP contribution >= 0.6 is 15.9 Å². The quantitative estimate of drug-likeness (QED) is 0.274. The van der Waals surface area contributed by atoms with Crippen molar-refractivity contribution in [2.45, 2.75) is 19.6 Å². The summed E-state index contributed by atoms with van der Waals surface area (Å²) in [6.45, 7) is 1.47. The van der Waals surface area contributed by atoms with Crippen molar-refractivity contribution in [3.8, 4) is 5.82 Å². The predicted molar refractivity (Wildman–Crippen MR) is 130 cm³/mol. The standard InChI is InChI=1S/C22H16BrF3N10O2/c1-10-5-11-7-29-32-18(11)16(19(27)37)17(10)30-21(38)14-6-12(8-35-9-15(31-34-35)22(24,25)26)33-36(14)20-13(23)3-2-4-28-20/h2-7,9H,8H2,1H3,(H2,27,37)(H,29,32)(H,30,38). The maximum absolute atomic E-state index is 13.5. The monoisotopic (exact) mass is 588 g/mol. The van der Waals surface area contributed by atoms with Crippen LogP contribution in [0.25, 0.3) is 16.7 Å². The zero-order valence-corrected chi connectivity index (χ0v) is 20.9. The van der Waals surface area contributed by atoms with Crippen LogP contribution in [0, 0.1) is 6.92 Å². The highest BCUT2D eigenvalue weighted by Gasteiger charge is 2.34. The Morgan fingerprint density at radius 3 is 2.74 bits per heavy atom. The summed E-state index contributed by atoms with van der Waals surface area (Å²) in [5.41, 5.74) is 5.75. The van der Waals surface area contributed by atoms with Gasteiger partial charge in [-0.2, -0.15) is 23.4 Å². The zero-order chi connectivity index (χ0) is 27.2. The smallest absolute Gasteiger partial charge is 0.365 e. The van der Waals surface area contributed by atoms with Gasteiger partial charge in [0.2, 0.25) is 0 Å². The number of primary amides is 1. The number of anilines is 1. The Hall–Kier alpha value is -4.60. The molecule has 0 aliphatic rings. The van der Waals surface area contributed by atoms with Crippen LogP contribution in [0.1, 0.15) is 37.8 Å². The fourth-order valence-electron chi connectivity index (χ4n) is 3.85. The molecular formula is C22H16BrF3N10O2. The van der Waals surface area contributed by atoms with Gasteiger partial charge >= 0.3 is 6.18 Å². The molecular weight excluding hydrogens is 573 g/mol. The van der Waals surface area contributed by atoms with Crippen molar-refractivity contribution in [3.63, 3.8) is 0 Å². The van der Waals surface area contributed by atoms with Gasteiger partial charge in [0, 0.05) is 11.6 Å². The number of hydrogen-bond acceptors (Lipinski definition) is 7. The summed E-state index contributed by atoms with van der Waals surface area (Å²) in [6.07, 6.45) is -0.920. The fourth-order valence-corrected chi connectivity index (χ4v) is 4.28. The van der Waals surface area contributed by atoms with Gasteiger partial charge in [-0.1, -0.05) is 5.21 Å². The lowest BCUT2D eigenvalue weighted by Gasteiger charge is -2.14. The molecule has 0 unspecified atom stereocenters. The lowest BCUT2D eigenvalue weighted by molar-refractivity contribution is -0.141. The highest BCUT2D eigenvalue weighted by atomic mass is 79.9. The molecule has 4 heterocycles. The molecule has 5 aromatic rings. The molecule has 38 heavy (non-hydrogen) atoms. The summed E-state index contributed by atoms with van der Waals surface area (Å²) in [5, 5.41) is 21.0. The Labute approximate surface area is 219 Å². The molecule has 0 saturated carbocycles. The SMILES string of the molecule is Cc1cc2cn[nH]c2c(C(N)=O)c1NC(=O)c1cc(Cn2cc(C(F)(F)F)nn2)nn1-c1ncccc1Br. The van der Waals surface area contributed by atoms with Crippen molar-refractivity contribution >= 4 is 44.3 Å². The van der Waals surface area contributed by atoms with Gasteiger partial charge < -0.3 is 11.1 Å². The first-order valence-electron chi connectivity index (χ1n) is 10.8. The molecule has 2 amide bonds. The molecule has 194 valence electrons. The maximum Gasteiger partial charge on any atom is 0.436 e. The Bertz CT molecular complexity index is 1710. The van der Waals surface area contributed by atoms with Gasteiger partial charge in [-0.25, -0.2) is 14.3 Å². The normalized spacial score (nSPS) is 11.7. The van der Waals surface area contributed by atoms with Crippen molar-refractivity contribution in [1.82, 2.24) is 40.0 Å². The molecule has 0 aliphatic heterocycles. The van der Waals surface area contributed by atoms with Gasteiger partial charge in [-0.05, 0) is 52.7 Å². The molecule has 0 bridgehead atoms. The van der Waals surface area contributed by atoms with E-state index in [1.165, 1.54) is 23.1 Å². The number of fused-ring (bicyclic) bond motifs is 1.